The summed E-state index contributed by atoms with van der Waals surface area (Å²) in [6.07, 6.45) is 3.45. The van der Waals surface area contributed by atoms with Crippen LogP contribution in [-0.2, 0) is 0 Å². The Balaban J connectivity index is 1.57. The standard InChI is InChI=1S/C16H23FN4OS/c1-12-5-9-23-10-8-21(12)16(22)19-13-4-7-20(11-13)15-14(17)3-2-6-18-15/h2-3,6,12-13H,4-5,7-11H2,1H3,(H,19,22)/t12-,13-/m1/s1. The molecule has 3 rings (SSSR count). The summed E-state index contributed by atoms with van der Waals surface area (Å²) < 4.78 is 13.8. The van der Waals surface area contributed by atoms with Gasteiger partial charge in [0.1, 0.15) is 0 Å². The van der Waals surface area contributed by atoms with E-state index in [2.05, 4.69) is 17.2 Å². The Bertz CT molecular complexity index is 559. The number of urea groups is 1. The van der Waals surface area contributed by atoms with Crippen LogP contribution in [0.5, 0.6) is 0 Å². The van der Waals surface area contributed by atoms with Crippen molar-refractivity contribution in [1.82, 2.24) is 15.2 Å². The van der Waals surface area contributed by atoms with Gasteiger partial charge in [-0.05, 0) is 37.7 Å². The summed E-state index contributed by atoms with van der Waals surface area (Å²) in [6, 6.07) is 3.34. The first kappa shape index (κ1) is 16.4. The SMILES string of the molecule is C[C@@H]1CCSCCN1C(=O)N[C@@H]1CCN(c2ncccc2F)C1. The second-order valence-corrected chi connectivity index (χ2v) is 7.36. The molecule has 5 nitrogen and oxygen atoms in total. The lowest BCUT2D eigenvalue weighted by molar-refractivity contribution is 0.180. The van der Waals surface area contributed by atoms with Crippen LogP contribution >= 0.6 is 11.8 Å². The van der Waals surface area contributed by atoms with Gasteiger partial charge in [-0.2, -0.15) is 11.8 Å². The third-order valence-corrected chi connectivity index (χ3v) is 5.50. The van der Waals surface area contributed by atoms with Crippen LogP contribution in [0.15, 0.2) is 18.3 Å². The van der Waals surface area contributed by atoms with Crippen LogP contribution in [0.4, 0.5) is 15.0 Å². The van der Waals surface area contributed by atoms with Crippen molar-refractivity contribution >= 4 is 23.6 Å². The van der Waals surface area contributed by atoms with Gasteiger partial charge in [-0.1, -0.05) is 0 Å². The summed E-state index contributed by atoms with van der Waals surface area (Å²) in [6.45, 7) is 4.22. The van der Waals surface area contributed by atoms with E-state index in [4.69, 9.17) is 0 Å². The van der Waals surface area contributed by atoms with Crippen molar-refractivity contribution in [1.29, 1.82) is 0 Å². The van der Waals surface area contributed by atoms with E-state index in [1.54, 1.807) is 12.3 Å². The Morgan fingerprint density at radius 3 is 3.09 bits per heavy atom. The molecule has 0 bridgehead atoms. The van der Waals surface area contributed by atoms with Gasteiger partial charge in [-0.15, -0.1) is 0 Å². The number of carbonyl (C=O) groups excluding carboxylic acids is 1. The number of halogens is 1. The lowest BCUT2D eigenvalue weighted by atomic mass is 10.2. The zero-order valence-electron chi connectivity index (χ0n) is 13.4. The summed E-state index contributed by atoms with van der Waals surface area (Å²) in [5.74, 6) is 2.18. The smallest absolute Gasteiger partial charge is 0.317 e. The first-order valence-electron chi connectivity index (χ1n) is 8.15. The monoisotopic (exact) mass is 338 g/mol. The first-order valence-corrected chi connectivity index (χ1v) is 9.31. The molecule has 126 valence electrons. The molecule has 0 spiro atoms. The van der Waals surface area contributed by atoms with E-state index in [1.807, 2.05) is 21.6 Å². The van der Waals surface area contributed by atoms with E-state index in [1.165, 1.54) is 6.07 Å². The number of nitrogens with one attached hydrogen (secondary N) is 1. The Labute approximate surface area is 140 Å². The molecule has 7 heteroatoms. The molecular formula is C16H23FN4OS. The fourth-order valence-corrected chi connectivity index (χ4v) is 4.17. The molecule has 1 aromatic heterocycles. The van der Waals surface area contributed by atoms with E-state index in [0.29, 0.717) is 18.9 Å². The van der Waals surface area contributed by atoms with E-state index in [9.17, 15) is 9.18 Å². The molecule has 0 saturated carbocycles. The van der Waals surface area contributed by atoms with Crippen LogP contribution in [0.3, 0.4) is 0 Å². The molecule has 2 atom stereocenters. The van der Waals surface area contributed by atoms with E-state index < -0.39 is 0 Å². The first-order chi connectivity index (χ1) is 11.1. The van der Waals surface area contributed by atoms with Crippen LogP contribution in [0.2, 0.25) is 0 Å². The van der Waals surface area contributed by atoms with Crippen LogP contribution in [-0.4, -0.2) is 59.1 Å². The normalized spacial score (nSPS) is 25.3. The number of hydrogen-bond donors (Lipinski definition) is 1. The van der Waals surface area contributed by atoms with Crippen molar-refractivity contribution in [3.05, 3.63) is 24.1 Å². The molecule has 0 aliphatic carbocycles. The quantitative estimate of drug-likeness (QED) is 0.899. The number of nitrogens with zero attached hydrogens (tertiary/aromatic N) is 3. The minimum atomic E-state index is -0.308. The molecule has 1 N–H and O–H groups in total. The molecule has 0 aromatic carbocycles. The van der Waals surface area contributed by atoms with Gasteiger partial charge in [-0.3, -0.25) is 0 Å². The largest absolute Gasteiger partial charge is 0.352 e. The molecule has 0 radical (unpaired) electrons. The van der Waals surface area contributed by atoms with E-state index >= 15 is 0 Å². The zero-order chi connectivity index (χ0) is 16.2. The highest BCUT2D eigenvalue weighted by Gasteiger charge is 2.29. The summed E-state index contributed by atoms with van der Waals surface area (Å²) in [4.78, 5) is 20.5. The third kappa shape index (κ3) is 3.88. The predicted molar refractivity (Wildman–Crippen MR) is 91.5 cm³/mol. The molecule has 3 heterocycles. The van der Waals surface area contributed by atoms with Crippen LogP contribution in [0.1, 0.15) is 19.8 Å². The number of carbonyl (C=O) groups is 1. The number of aromatic nitrogens is 1. The van der Waals surface area contributed by atoms with Gasteiger partial charge >= 0.3 is 6.03 Å². The summed E-state index contributed by atoms with van der Waals surface area (Å²) in [7, 11) is 0. The topological polar surface area (TPSA) is 48.5 Å². The molecule has 2 aliphatic heterocycles. The second-order valence-electron chi connectivity index (χ2n) is 6.13. The van der Waals surface area contributed by atoms with Gasteiger partial charge in [0.15, 0.2) is 11.6 Å². The highest BCUT2D eigenvalue weighted by molar-refractivity contribution is 7.99. The van der Waals surface area contributed by atoms with Gasteiger partial charge in [0.2, 0.25) is 0 Å². The molecule has 2 fully saturated rings. The molecule has 0 unspecified atom stereocenters. The Kier molecular flexibility index (Phi) is 5.25. The number of anilines is 1. The average Bonchev–Trinajstić information content (AvgIpc) is 2.88. The Hall–Kier alpha value is -1.50. The lowest BCUT2D eigenvalue weighted by Crippen LogP contribution is -2.49. The van der Waals surface area contributed by atoms with Crippen LogP contribution in [0, 0.1) is 5.82 Å². The Morgan fingerprint density at radius 1 is 1.39 bits per heavy atom. The molecule has 2 saturated heterocycles. The van der Waals surface area contributed by atoms with Crippen molar-refractivity contribution < 1.29 is 9.18 Å². The maximum atomic E-state index is 13.8. The van der Waals surface area contributed by atoms with Gasteiger partial charge < -0.3 is 15.1 Å². The summed E-state index contributed by atoms with van der Waals surface area (Å²) in [5.41, 5.74) is 0. The summed E-state index contributed by atoms with van der Waals surface area (Å²) in [5, 5.41) is 3.11. The number of thioether (sulfide) groups is 1. The minimum absolute atomic E-state index is 0.00772. The van der Waals surface area contributed by atoms with Gasteiger partial charge in [0, 0.05) is 43.7 Å². The highest BCUT2D eigenvalue weighted by atomic mass is 32.2. The third-order valence-electron chi connectivity index (χ3n) is 4.50. The Morgan fingerprint density at radius 2 is 2.26 bits per heavy atom. The van der Waals surface area contributed by atoms with Gasteiger partial charge in [0.25, 0.3) is 0 Å². The molecular weight excluding hydrogens is 315 g/mol. The number of pyridine rings is 1. The van der Waals surface area contributed by atoms with Gasteiger partial charge in [-0.25, -0.2) is 14.2 Å². The van der Waals surface area contributed by atoms with Crippen molar-refractivity contribution in [2.45, 2.75) is 31.8 Å². The molecule has 2 aliphatic rings. The van der Waals surface area contributed by atoms with Crippen molar-refractivity contribution in [2.75, 3.05) is 36.0 Å². The molecule has 1 aromatic rings. The van der Waals surface area contributed by atoms with Gasteiger partial charge in [0.05, 0.1) is 0 Å². The minimum Gasteiger partial charge on any atom is -0.352 e. The number of rotatable bonds is 2. The average molecular weight is 338 g/mol. The number of hydrogen-bond acceptors (Lipinski definition) is 4. The van der Waals surface area contributed by atoms with Crippen molar-refractivity contribution in [3.63, 3.8) is 0 Å². The van der Waals surface area contributed by atoms with Crippen molar-refractivity contribution in [3.8, 4) is 0 Å². The van der Waals surface area contributed by atoms with E-state index in [-0.39, 0.29) is 23.9 Å². The fraction of sp³-hybridized carbons (Fsp3) is 0.625. The second kappa shape index (κ2) is 7.38. The highest BCUT2D eigenvalue weighted by Crippen LogP contribution is 2.21. The van der Waals surface area contributed by atoms with E-state index in [0.717, 1.165) is 30.9 Å². The predicted octanol–water partition coefficient (Wildman–Crippen LogP) is 2.34. The molecule has 2 amide bonds. The number of amides is 2. The van der Waals surface area contributed by atoms with Crippen LogP contribution in [0.25, 0.3) is 0 Å². The van der Waals surface area contributed by atoms with Crippen LogP contribution < -0.4 is 10.2 Å². The maximum absolute atomic E-state index is 13.8. The zero-order valence-corrected chi connectivity index (χ0v) is 14.2. The molecule has 23 heavy (non-hydrogen) atoms. The maximum Gasteiger partial charge on any atom is 0.317 e. The fourth-order valence-electron chi connectivity index (χ4n) is 3.13. The lowest BCUT2D eigenvalue weighted by Gasteiger charge is -2.28. The summed E-state index contributed by atoms with van der Waals surface area (Å²) >= 11 is 1.90. The van der Waals surface area contributed by atoms with Crippen molar-refractivity contribution in [2.24, 2.45) is 0 Å².